The molecule has 1 N–H and O–H groups in total. The summed E-state index contributed by atoms with van der Waals surface area (Å²) >= 11 is 1.74. The number of thiophene rings is 1. The van der Waals surface area contributed by atoms with E-state index in [1.165, 1.54) is 11.1 Å². The maximum Gasteiger partial charge on any atom is 0.0522 e. The van der Waals surface area contributed by atoms with Crippen LogP contribution in [0, 0.1) is 0 Å². The van der Waals surface area contributed by atoms with Gasteiger partial charge in [0.2, 0.25) is 0 Å². The lowest BCUT2D eigenvalue weighted by molar-refractivity contribution is 0.687. The lowest BCUT2D eigenvalue weighted by atomic mass is 10.2. The average Bonchev–Trinajstić information content (AvgIpc) is 2.84. The van der Waals surface area contributed by atoms with Crippen LogP contribution >= 0.6 is 11.3 Å². The van der Waals surface area contributed by atoms with E-state index in [1.807, 2.05) is 17.9 Å². The van der Waals surface area contributed by atoms with Gasteiger partial charge < -0.3 is 5.32 Å². The standard InChI is InChI=1S/C11H15N3S/c1-14-8-10(7-13-14)2-4-12-6-11-3-5-15-9-11/h3,5,7-9,12H,2,4,6H2,1H3. The Balaban J connectivity index is 1.67. The molecule has 0 aliphatic heterocycles. The zero-order chi connectivity index (χ0) is 10.5. The highest BCUT2D eigenvalue weighted by Crippen LogP contribution is 2.05. The first-order chi connectivity index (χ1) is 7.34. The summed E-state index contributed by atoms with van der Waals surface area (Å²) in [5, 5.41) is 11.8. The van der Waals surface area contributed by atoms with E-state index in [0.29, 0.717) is 0 Å². The molecule has 0 spiro atoms. The van der Waals surface area contributed by atoms with E-state index in [1.54, 1.807) is 11.3 Å². The fraction of sp³-hybridized carbons (Fsp3) is 0.364. The van der Waals surface area contributed by atoms with Gasteiger partial charge in [0.15, 0.2) is 0 Å². The molecule has 0 unspecified atom stereocenters. The summed E-state index contributed by atoms with van der Waals surface area (Å²) in [6, 6.07) is 2.15. The summed E-state index contributed by atoms with van der Waals surface area (Å²) in [6.07, 6.45) is 5.02. The predicted molar refractivity (Wildman–Crippen MR) is 62.9 cm³/mol. The first-order valence-electron chi connectivity index (χ1n) is 5.04. The second-order valence-corrected chi connectivity index (χ2v) is 4.36. The maximum atomic E-state index is 4.14. The second-order valence-electron chi connectivity index (χ2n) is 3.58. The van der Waals surface area contributed by atoms with E-state index in [0.717, 1.165) is 19.5 Å². The minimum Gasteiger partial charge on any atom is -0.312 e. The van der Waals surface area contributed by atoms with Crippen molar-refractivity contribution in [3.63, 3.8) is 0 Å². The largest absolute Gasteiger partial charge is 0.312 e. The highest BCUT2D eigenvalue weighted by Gasteiger charge is 1.96. The van der Waals surface area contributed by atoms with Crippen molar-refractivity contribution in [3.8, 4) is 0 Å². The molecule has 3 nitrogen and oxygen atoms in total. The van der Waals surface area contributed by atoms with Crippen molar-refractivity contribution in [1.82, 2.24) is 15.1 Å². The third-order valence-electron chi connectivity index (χ3n) is 2.26. The highest BCUT2D eigenvalue weighted by molar-refractivity contribution is 7.07. The molecule has 0 aliphatic carbocycles. The minimum absolute atomic E-state index is 0.962. The molecule has 0 radical (unpaired) electrons. The number of nitrogens with one attached hydrogen (secondary N) is 1. The van der Waals surface area contributed by atoms with Gasteiger partial charge in [0, 0.05) is 19.8 Å². The molecule has 0 aliphatic rings. The number of hydrogen-bond donors (Lipinski definition) is 1. The number of nitrogens with zero attached hydrogens (tertiary/aromatic N) is 2. The van der Waals surface area contributed by atoms with Crippen LogP contribution < -0.4 is 5.32 Å². The van der Waals surface area contributed by atoms with Gasteiger partial charge in [-0.25, -0.2) is 0 Å². The molecule has 0 amide bonds. The molecular weight excluding hydrogens is 206 g/mol. The van der Waals surface area contributed by atoms with E-state index < -0.39 is 0 Å². The molecule has 2 rings (SSSR count). The van der Waals surface area contributed by atoms with E-state index >= 15 is 0 Å². The van der Waals surface area contributed by atoms with Crippen LogP contribution in [0.3, 0.4) is 0 Å². The lowest BCUT2D eigenvalue weighted by Crippen LogP contribution is -2.15. The van der Waals surface area contributed by atoms with Crippen LogP contribution in [0.1, 0.15) is 11.1 Å². The van der Waals surface area contributed by atoms with Gasteiger partial charge in [-0.1, -0.05) is 0 Å². The summed E-state index contributed by atoms with van der Waals surface area (Å²) in [4.78, 5) is 0. The van der Waals surface area contributed by atoms with Gasteiger partial charge >= 0.3 is 0 Å². The molecule has 0 atom stereocenters. The van der Waals surface area contributed by atoms with Gasteiger partial charge in [-0.15, -0.1) is 0 Å². The molecular formula is C11H15N3S. The fourth-order valence-electron chi connectivity index (χ4n) is 1.46. The zero-order valence-electron chi connectivity index (χ0n) is 8.81. The van der Waals surface area contributed by atoms with Crippen molar-refractivity contribution in [1.29, 1.82) is 0 Å². The van der Waals surface area contributed by atoms with Crippen molar-refractivity contribution in [2.45, 2.75) is 13.0 Å². The maximum absolute atomic E-state index is 4.14. The topological polar surface area (TPSA) is 29.9 Å². The van der Waals surface area contributed by atoms with Crippen molar-refractivity contribution < 1.29 is 0 Å². The molecule has 2 heterocycles. The Morgan fingerprint density at radius 3 is 3.07 bits per heavy atom. The Labute approximate surface area is 93.7 Å². The lowest BCUT2D eigenvalue weighted by Gasteiger charge is -2.01. The average molecular weight is 221 g/mol. The molecule has 0 saturated heterocycles. The SMILES string of the molecule is Cn1cc(CCNCc2ccsc2)cn1. The first-order valence-corrected chi connectivity index (χ1v) is 5.98. The Morgan fingerprint density at radius 1 is 1.47 bits per heavy atom. The molecule has 0 fully saturated rings. The fourth-order valence-corrected chi connectivity index (χ4v) is 2.13. The van der Waals surface area contributed by atoms with Gasteiger partial charge in [0.1, 0.15) is 0 Å². The number of aromatic nitrogens is 2. The third-order valence-corrected chi connectivity index (χ3v) is 2.99. The minimum atomic E-state index is 0.962. The molecule has 2 aromatic rings. The second kappa shape index (κ2) is 5.09. The van der Waals surface area contributed by atoms with Crippen LogP contribution in [0.2, 0.25) is 0 Å². The van der Waals surface area contributed by atoms with Crippen molar-refractivity contribution in [3.05, 3.63) is 40.3 Å². The Hall–Kier alpha value is -1.13. The van der Waals surface area contributed by atoms with E-state index in [-0.39, 0.29) is 0 Å². The molecule has 0 aromatic carbocycles. The van der Waals surface area contributed by atoms with Gasteiger partial charge in [-0.05, 0) is 40.9 Å². The highest BCUT2D eigenvalue weighted by atomic mass is 32.1. The van der Waals surface area contributed by atoms with Gasteiger partial charge in [0.05, 0.1) is 6.20 Å². The Kier molecular flexibility index (Phi) is 3.53. The monoisotopic (exact) mass is 221 g/mol. The van der Waals surface area contributed by atoms with Crippen LogP contribution in [0.15, 0.2) is 29.2 Å². The van der Waals surface area contributed by atoms with Crippen molar-refractivity contribution in [2.75, 3.05) is 6.54 Å². The molecule has 0 saturated carbocycles. The smallest absolute Gasteiger partial charge is 0.0522 e. The van der Waals surface area contributed by atoms with Crippen LogP contribution in [-0.4, -0.2) is 16.3 Å². The number of rotatable bonds is 5. The van der Waals surface area contributed by atoms with E-state index in [2.05, 4.69) is 33.4 Å². The van der Waals surface area contributed by atoms with Gasteiger partial charge in [-0.3, -0.25) is 4.68 Å². The number of aryl methyl sites for hydroxylation is 1. The Bertz CT molecular complexity index is 392. The van der Waals surface area contributed by atoms with Crippen LogP contribution in [-0.2, 0) is 20.0 Å². The molecule has 15 heavy (non-hydrogen) atoms. The normalized spacial score (nSPS) is 10.7. The Morgan fingerprint density at radius 2 is 2.40 bits per heavy atom. The summed E-state index contributed by atoms with van der Waals surface area (Å²) in [5.74, 6) is 0. The summed E-state index contributed by atoms with van der Waals surface area (Å²) in [7, 11) is 1.95. The molecule has 80 valence electrons. The van der Waals surface area contributed by atoms with E-state index in [9.17, 15) is 0 Å². The predicted octanol–water partition coefficient (Wildman–Crippen LogP) is 1.81. The van der Waals surface area contributed by atoms with Gasteiger partial charge in [-0.2, -0.15) is 16.4 Å². The molecule has 4 heteroatoms. The quantitative estimate of drug-likeness (QED) is 0.780. The van der Waals surface area contributed by atoms with E-state index in [4.69, 9.17) is 0 Å². The van der Waals surface area contributed by atoms with Crippen molar-refractivity contribution in [2.24, 2.45) is 7.05 Å². The third kappa shape index (κ3) is 3.18. The summed E-state index contributed by atoms with van der Waals surface area (Å²) in [5.41, 5.74) is 2.65. The van der Waals surface area contributed by atoms with Crippen LogP contribution in [0.5, 0.6) is 0 Å². The molecule has 0 bridgehead atoms. The van der Waals surface area contributed by atoms with Crippen molar-refractivity contribution >= 4 is 11.3 Å². The summed E-state index contributed by atoms with van der Waals surface area (Å²) < 4.78 is 1.84. The molecule has 2 aromatic heterocycles. The number of hydrogen-bond acceptors (Lipinski definition) is 3. The van der Waals surface area contributed by atoms with Gasteiger partial charge in [0.25, 0.3) is 0 Å². The summed E-state index contributed by atoms with van der Waals surface area (Å²) in [6.45, 7) is 1.96. The first kappa shape index (κ1) is 10.4. The van der Waals surface area contributed by atoms with Crippen LogP contribution in [0.4, 0.5) is 0 Å². The zero-order valence-corrected chi connectivity index (χ0v) is 9.63. The van der Waals surface area contributed by atoms with Crippen LogP contribution in [0.25, 0.3) is 0 Å².